The van der Waals surface area contributed by atoms with Gasteiger partial charge >= 0.3 is 6.18 Å². The zero-order chi connectivity index (χ0) is 18.0. The Morgan fingerprint density at radius 3 is 2.80 bits per heavy atom. The second-order valence-electron chi connectivity index (χ2n) is 5.93. The number of carbonyl (C=O) groups excluding carboxylic acids is 1. The van der Waals surface area contributed by atoms with Crippen molar-refractivity contribution in [3.63, 3.8) is 0 Å². The summed E-state index contributed by atoms with van der Waals surface area (Å²) < 4.78 is 45.2. The molecule has 0 spiro atoms. The van der Waals surface area contributed by atoms with E-state index in [-0.39, 0.29) is 11.8 Å². The number of methoxy groups -OCH3 is 1. The minimum absolute atomic E-state index is 0.139. The summed E-state index contributed by atoms with van der Waals surface area (Å²) in [7, 11) is 1.54. The van der Waals surface area contributed by atoms with Crippen LogP contribution in [0.3, 0.4) is 0 Å². The lowest BCUT2D eigenvalue weighted by atomic mass is 10.1. The molecule has 1 amide bonds. The average Bonchev–Trinajstić information content (AvgIpc) is 3.32. The highest BCUT2D eigenvalue weighted by Gasteiger charge is 2.34. The van der Waals surface area contributed by atoms with Crippen LogP contribution in [0.25, 0.3) is 5.69 Å². The topological polar surface area (TPSA) is 56.1 Å². The third kappa shape index (κ3) is 3.84. The Hall–Kier alpha value is -2.35. The van der Waals surface area contributed by atoms with E-state index in [1.165, 1.54) is 24.1 Å². The van der Waals surface area contributed by atoms with Gasteiger partial charge < -0.3 is 10.1 Å². The smallest absolute Gasteiger partial charge is 0.383 e. The number of carbonyl (C=O) groups is 1. The van der Waals surface area contributed by atoms with E-state index in [2.05, 4.69) is 10.4 Å². The normalized spacial score (nSPS) is 14.6. The van der Waals surface area contributed by atoms with E-state index >= 15 is 0 Å². The maximum Gasteiger partial charge on any atom is 0.416 e. The number of alkyl halides is 3. The number of halogens is 3. The average molecular weight is 353 g/mol. The summed E-state index contributed by atoms with van der Waals surface area (Å²) in [4.78, 5) is 12.3. The number of aromatic nitrogens is 2. The molecule has 1 aliphatic carbocycles. The van der Waals surface area contributed by atoms with E-state index in [9.17, 15) is 18.0 Å². The number of nitrogens with one attached hydrogen (secondary N) is 1. The van der Waals surface area contributed by atoms with Crippen LogP contribution in [0.1, 0.15) is 40.4 Å². The third-order valence-electron chi connectivity index (χ3n) is 4.02. The van der Waals surface area contributed by atoms with Gasteiger partial charge in [-0.1, -0.05) is 6.07 Å². The molecule has 1 aromatic heterocycles. The Kier molecular flexibility index (Phi) is 4.80. The first kappa shape index (κ1) is 17.5. The molecular weight excluding hydrogens is 335 g/mol. The fraction of sp³-hybridized carbons (Fsp3) is 0.412. The fourth-order valence-electron chi connectivity index (χ4n) is 2.66. The summed E-state index contributed by atoms with van der Waals surface area (Å²) in [6, 6.07) is 4.96. The summed E-state index contributed by atoms with van der Waals surface area (Å²) in [5.41, 5.74) is 0.617. The molecule has 134 valence electrons. The van der Waals surface area contributed by atoms with Crippen molar-refractivity contribution >= 4 is 5.91 Å². The summed E-state index contributed by atoms with van der Waals surface area (Å²) in [6.07, 6.45) is -1.23. The number of nitrogens with zero attached hydrogens (tertiary/aromatic N) is 2. The van der Waals surface area contributed by atoms with Gasteiger partial charge in [0.25, 0.3) is 5.91 Å². The van der Waals surface area contributed by atoms with Crippen molar-refractivity contribution in [3.8, 4) is 5.69 Å². The van der Waals surface area contributed by atoms with Gasteiger partial charge in [-0.3, -0.25) is 4.79 Å². The van der Waals surface area contributed by atoms with E-state index in [1.54, 1.807) is 6.07 Å². The molecule has 2 aromatic rings. The van der Waals surface area contributed by atoms with E-state index in [4.69, 9.17) is 4.74 Å². The van der Waals surface area contributed by atoms with Crippen molar-refractivity contribution in [1.29, 1.82) is 0 Å². The first-order valence-electron chi connectivity index (χ1n) is 7.94. The standard InChI is InChI=1S/C17H18F3N3O2/c1-25-8-7-21-16(24)14-10-22-23(15(14)11-5-6-11)13-4-2-3-12(9-13)17(18,19)20/h2-4,9-11H,5-8H2,1H3,(H,21,24). The van der Waals surface area contributed by atoms with Gasteiger partial charge in [-0.05, 0) is 31.0 Å². The fourth-order valence-corrected chi connectivity index (χ4v) is 2.66. The van der Waals surface area contributed by atoms with Gasteiger partial charge in [0.05, 0.1) is 35.3 Å². The predicted octanol–water partition coefficient (Wildman–Crippen LogP) is 3.14. The van der Waals surface area contributed by atoms with Gasteiger partial charge in [-0.25, -0.2) is 4.68 Å². The van der Waals surface area contributed by atoms with Gasteiger partial charge in [0.1, 0.15) is 0 Å². The molecule has 25 heavy (non-hydrogen) atoms. The quantitative estimate of drug-likeness (QED) is 0.812. The Labute approximate surface area is 142 Å². The Morgan fingerprint density at radius 2 is 2.16 bits per heavy atom. The number of hydrogen-bond acceptors (Lipinski definition) is 3. The molecule has 0 unspecified atom stereocenters. The Morgan fingerprint density at radius 1 is 1.40 bits per heavy atom. The molecule has 0 atom stereocenters. The van der Waals surface area contributed by atoms with Crippen LogP contribution >= 0.6 is 0 Å². The maximum absolute atomic E-state index is 13.0. The van der Waals surface area contributed by atoms with Crippen LogP contribution in [0.4, 0.5) is 13.2 Å². The zero-order valence-corrected chi connectivity index (χ0v) is 13.6. The zero-order valence-electron chi connectivity index (χ0n) is 13.6. The minimum Gasteiger partial charge on any atom is -0.383 e. The SMILES string of the molecule is COCCNC(=O)c1cnn(-c2cccc(C(F)(F)F)c2)c1C1CC1. The molecule has 0 aliphatic heterocycles. The highest BCUT2D eigenvalue weighted by molar-refractivity contribution is 5.95. The molecular formula is C17H18F3N3O2. The number of amides is 1. The van der Waals surface area contributed by atoms with Crippen molar-refractivity contribution < 1.29 is 22.7 Å². The molecule has 1 aromatic carbocycles. The summed E-state index contributed by atoms with van der Waals surface area (Å²) in [6.45, 7) is 0.737. The lowest BCUT2D eigenvalue weighted by Gasteiger charge is -2.12. The summed E-state index contributed by atoms with van der Waals surface area (Å²) in [5, 5.41) is 6.90. The van der Waals surface area contributed by atoms with E-state index < -0.39 is 11.7 Å². The molecule has 0 saturated heterocycles. The first-order chi connectivity index (χ1) is 11.9. The van der Waals surface area contributed by atoms with Crippen molar-refractivity contribution in [2.75, 3.05) is 20.3 Å². The molecule has 1 fully saturated rings. The second-order valence-corrected chi connectivity index (χ2v) is 5.93. The predicted molar refractivity (Wildman–Crippen MR) is 84.8 cm³/mol. The van der Waals surface area contributed by atoms with Gasteiger partial charge in [-0.2, -0.15) is 18.3 Å². The van der Waals surface area contributed by atoms with Crippen LogP contribution in [0.5, 0.6) is 0 Å². The third-order valence-corrected chi connectivity index (χ3v) is 4.02. The number of benzene rings is 1. The highest BCUT2D eigenvalue weighted by Crippen LogP contribution is 2.42. The van der Waals surface area contributed by atoms with Crippen LogP contribution in [-0.2, 0) is 10.9 Å². The minimum atomic E-state index is -4.43. The van der Waals surface area contributed by atoms with Gasteiger partial charge in [0.2, 0.25) is 0 Å². The molecule has 5 nitrogen and oxygen atoms in total. The molecule has 0 radical (unpaired) electrons. The van der Waals surface area contributed by atoms with Crippen LogP contribution in [0, 0.1) is 0 Å². The second kappa shape index (κ2) is 6.87. The van der Waals surface area contributed by atoms with E-state index in [0.717, 1.165) is 25.0 Å². The van der Waals surface area contributed by atoms with Gasteiger partial charge in [0.15, 0.2) is 0 Å². The van der Waals surface area contributed by atoms with Crippen LogP contribution in [-0.4, -0.2) is 35.9 Å². The van der Waals surface area contributed by atoms with Crippen molar-refractivity contribution in [3.05, 3.63) is 47.3 Å². The van der Waals surface area contributed by atoms with Gasteiger partial charge in [-0.15, -0.1) is 0 Å². The van der Waals surface area contributed by atoms with E-state index in [0.29, 0.717) is 30.1 Å². The molecule has 8 heteroatoms. The summed E-state index contributed by atoms with van der Waals surface area (Å²) in [5.74, 6) is -0.155. The number of rotatable bonds is 6. The van der Waals surface area contributed by atoms with Gasteiger partial charge in [0, 0.05) is 19.6 Å². The number of ether oxygens (including phenoxy) is 1. The first-order valence-corrected chi connectivity index (χ1v) is 7.94. The molecule has 1 N–H and O–H groups in total. The van der Waals surface area contributed by atoms with Crippen LogP contribution in [0.15, 0.2) is 30.5 Å². The molecule has 3 rings (SSSR count). The van der Waals surface area contributed by atoms with Crippen molar-refractivity contribution in [2.24, 2.45) is 0 Å². The number of hydrogen-bond donors (Lipinski definition) is 1. The molecule has 1 saturated carbocycles. The monoisotopic (exact) mass is 353 g/mol. The van der Waals surface area contributed by atoms with Crippen LogP contribution in [0.2, 0.25) is 0 Å². The lowest BCUT2D eigenvalue weighted by molar-refractivity contribution is -0.137. The molecule has 1 aliphatic rings. The maximum atomic E-state index is 13.0. The molecule has 0 bridgehead atoms. The summed E-state index contributed by atoms with van der Waals surface area (Å²) >= 11 is 0. The molecule has 1 heterocycles. The Bertz CT molecular complexity index is 767. The lowest BCUT2D eigenvalue weighted by Crippen LogP contribution is -2.27. The Balaban J connectivity index is 1.94. The largest absolute Gasteiger partial charge is 0.416 e. The van der Waals surface area contributed by atoms with Crippen LogP contribution < -0.4 is 5.32 Å². The highest BCUT2D eigenvalue weighted by atomic mass is 19.4. The van der Waals surface area contributed by atoms with Crippen molar-refractivity contribution in [2.45, 2.75) is 24.9 Å². The van der Waals surface area contributed by atoms with E-state index in [1.807, 2.05) is 0 Å². The van der Waals surface area contributed by atoms with Crippen molar-refractivity contribution in [1.82, 2.24) is 15.1 Å².